The summed E-state index contributed by atoms with van der Waals surface area (Å²) >= 11 is 11.9. The Hall–Kier alpha value is -1.80. The molecule has 0 saturated heterocycles. The van der Waals surface area contributed by atoms with Crippen LogP contribution in [0.5, 0.6) is 0 Å². The summed E-state index contributed by atoms with van der Waals surface area (Å²) in [5.41, 5.74) is 0.197. The van der Waals surface area contributed by atoms with Gasteiger partial charge in [0.05, 0.1) is 22.2 Å². The van der Waals surface area contributed by atoms with Gasteiger partial charge in [-0.05, 0) is 12.1 Å². The fourth-order valence-corrected chi connectivity index (χ4v) is 2.76. The van der Waals surface area contributed by atoms with Gasteiger partial charge in [-0.1, -0.05) is 29.3 Å². The summed E-state index contributed by atoms with van der Waals surface area (Å²) in [5, 5.41) is 7.05. The van der Waals surface area contributed by atoms with Crippen molar-refractivity contribution in [1.29, 1.82) is 0 Å². The summed E-state index contributed by atoms with van der Waals surface area (Å²) in [7, 11) is 0. The molecule has 3 rings (SSSR count). The molecule has 122 valence electrons. The summed E-state index contributed by atoms with van der Waals surface area (Å²) < 4.78 is 39.3. The van der Waals surface area contributed by atoms with Crippen LogP contribution < -0.4 is 0 Å². The van der Waals surface area contributed by atoms with E-state index in [2.05, 4.69) is 10.2 Å². The first-order valence-electron chi connectivity index (χ1n) is 6.51. The number of carbonyl (C=O) groups excluding carboxylic acids is 1. The fraction of sp³-hybridized carbons (Fsp3) is 0.308. The SMILES string of the molecule is O=C(c1cccc(Cl)c1Cl)N1CCn2c(nnc2C(F)(F)F)C1. The predicted molar refractivity (Wildman–Crippen MR) is 76.2 cm³/mol. The van der Waals surface area contributed by atoms with Crippen LogP contribution in [0.1, 0.15) is 22.0 Å². The molecule has 0 saturated carbocycles. The van der Waals surface area contributed by atoms with E-state index in [1.54, 1.807) is 12.1 Å². The number of halogens is 5. The van der Waals surface area contributed by atoms with Crippen LogP contribution in [-0.2, 0) is 19.3 Å². The van der Waals surface area contributed by atoms with Crippen LogP contribution in [0.25, 0.3) is 0 Å². The number of alkyl halides is 3. The molecule has 2 heterocycles. The zero-order valence-corrected chi connectivity index (χ0v) is 13.0. The lowest BCUT2D eigenvalue weighted by Crippen LogP contribution is -2.39. The van der Waals surface area contributed by atoms with Crippen LogP contribution in [0.4, 0.5) is 13.2 Å². The van der Waals surface area contributed by atoms with Gasteiger partial charge >= 0.3 is 6.18 Å². The first-order valence-corrected chi connectivity index (χ1v) is 7.27. The Bertz CT molecular complexity index is 775. The molecule has 0 bridgehead atoms. The number of benzene rings is 1. The quantitative estimate of drug-likeness (QED) is 0.780. The molecule has 1 amide bonds. The lowest BCUT2D eigenvalue weighted by Gasteiger charge is -2.28. The van der Waals surface area contributed by atoms with Crippen molar-refractivity contribution < 1.29 is 18.0 Å². The van der Waals surface area contributed by atoms with Gasteiger partial charge in [-0.3, -0.25) is 4.79 Å². The van der Waals surface area contributed by atoms with Gasteiger partial charge in [0.2, 0.25) is 5.82 Å². The van der Waals surface area contributed by atoms with Crippen molar-refractivity contribution in [3.63, 3.8) is 0 Å². The Morgan fingerprint density at radius 1 is 1.17 bits per heavy atom. The number of amides is 1. The average molecular weight is 365 g/mol. The molecule has 0 aliphatic carbocycles. The van der Waals surface area contributed by atoms with E-state index in [0.29, 0.717) is 0 Å². The third kappa shape index (κ3) is 2.88. The molecule has 1 aromatic heterocycles. The van der Waals surface area contributed by atoms with Gasteiger partial charge in [0.25, 0.3) is 5.91 Å². The molecule has 23 heavy (non-hydrogen) atoms. The first-order chi connectivity index (χ1) is 10.8. The molecule has 5 nitrogen and oxygen atoms in total. The normalized spacial score (nSPS) is 14.7. The van der Waals surface area contributed by atoms with E-state index in [9.17, 15) is 18.0 Å². The minimum absolute atomic E-state index is 0.0406. The molecule has 2 aromatic rings. The third-order valence-corrected chi connectivity index (χ3v) is 4.29. The Labute approximate surface area is 138 Å². The molecule has 0 atom stereocenters. The van der Waals surface area contributed by atoms with Crippen LogP contribution in [0.3, 0.4) is 0 Å². The Morgan fingerprint density at radius 2 is 1.91 bits per heavy atom. The zero-order chi connectivity index (χ0) is 16.8. The lowest BCUT2D eigenvalue weighted by molar-refractivity contribution is -0.147. The highest BCUT2D eigenvalue weighted by molar-refractivity contribution is 6.43. The highest BCUT2D eigenvalue weighted by Crippen LogP contribution is 2.31. The number of aromatic nitrogens is 3. The monoisotopic (exact) mass is 364 g/mol. The number of carbonyl (C=O) groups is 1. The largest absolute Gasteiger partial charge is 0.451 e. The molecule has 1 aliphatic rings. The molecule has 0 radical (unpaired) electrons. The smallest absolute Gasteiger partial charge is 0.329 e. The molecule has 0 N–H and O–H groups in total. The van der Waals surface area contributed by atoms with E-state index >= 15 is 0 Å². The highest BCUT2D eigenvalue weighted by atomic mass is 35.5. The van der Waals surface area contributed by atoms with E-state index in [1.807, 2.05) is 0 Å². The summed E-state index contributed by atoms with van der Waals surface area (Å²) in [5.74, 6) is -1.39. The highest BCUT2D eigenvalue weighted by Gasteiger charge is 2.40. The maximum absolute atomic E-state index is 12.8. The van der Waals surface area contributed by atoms with Gasteiger partial charge < -0.3 is 9.47 Å². The van der Waals surface area contributed by atoms with Crippen molar-refractivity contribution in [2.24, 2.45) is 0 Å². The zero-order valence-electron chi connectivity index (χ0n) is 11.4. The summed E-state index contributed by atoms with van der Waals surface area (Å²) in [4.78, 5) is 13.9. The fourth-order valence-electron chi connectivity index (χ4n) is 2.38. The van der Waals surface area contributed by atoms with Gasteiger partial charge in [-0.2, -0.15) is 13.2 Å². The minimum Gasteiger partial charge on any atom is -0.329 e. The van der Waals surface area contributed by atoms with Crippen LogP contribution in [-0.4, -0.2) is 32.1 Å². The van der Waals surface area contributed by atoms with Gasteiger partial charge in [0.1, 0.15) is 0 Å². The van der Waals surface area contributed by atoms with Crippen LogP contribution in [0.2, 0.25) is 10.0 Å². The number of rotatable bonds is 1. The van der Waals surface area contributed by atoms with Gasteiger partial charge in [-0.15, -0.1) is 10.2 Å². The second-order valence-electron chi connectivity index (χ2n) is 4.92. The Morgan fingerprint density at radius 3 is 2.61 bits per heavy atom. The standard InChI is InChI=1S/C13H9Cl2F3N4O/c14-8-3-1-2-7(10(8)15)11(23)21-4-5-22-9(6-21)19-20-12(22)13(16,17)18/h1-3H,4-6H2. The summed E-state index contributed by atoms with van der Waals surface area (Å²) in [6, 6.07) is 4.63. The molecule has 1 aliphatic heterocycles. The van der Waals surface area contributed by atoms with Crippen molar-refractivity contribution in [1.82, 2.24) is 19.7 Å². The minimum atomic E-state index is -4.58. The molecule has 0 unspecified atom stereocenters. The van der Waals surface area contributed by atoms with Gasteiger partial charge in [0, 0.05) is 13.1 Å². The lowest BCUT2D eigenvalue weighted by atomic mass is 10.2. The number of nitrogens with zero attached hydrogens (tertiary/aromatic N) is 4. The summed E-state index contributed by atoms with van der Waals surface area (Å²) in [6.07, 6.45) is -4.58. The Balaban J connectivity index is 1.87. The van der Waals surface area contributed by atoms with Gasteiger partial charge in [-0.25, -0.2) is 0 Å². The van der Waals surface area contributed by atoms with Crippen molar-refractivity contribution in [2.75, 3.05) is 6.54 Å². The van der Waals surface area contributed by atoms with E-state index in [4.69, 9.17) is 23.2 Å². The molecule has 10 heteroatoms. The van der Waals surface area contributed by atoms with Crippen LogP contribution >= 0.6 is 23.2 Å². The second kappa shape index (κ2) is 5.68. The average Bonchev–Trinajstić information content (AvgIpc) is 2.92. The molecule has 0 fully saturated rings. The van der Waals surface area contributed by atoms with E-state index in [-0.39, 0.29) is 41.1 Å². The first kappa shape index (κ1) is 16.1. The molecular weight excluding hydrogens is 356 g/mol. The van der Waals surface area contributed by atoms with Crippen molar-refractivity contribution in [3.05, 3.63) is 45.5 Å². The van der Waals surface area contributed by atoms with Crippen molar-refractivity contribution in [2.45, 2.75) is 19.3 Å². The predicted octanol–water partition coefficient (Wildman–Crippen LogP) is 3.26. The van der Waals surface area contributed by atoms with E-state index < -0.39 is 17.9 Å². The number of hydrogen-bond donors (Lipinski definition) is 0. The third-order valence-electron chi connectivity index (χ3n) is 3.48. The van der Waals surface area contributed by atoms with E-state index in [0.717, 1.165) is 4.57 Å². The second-order valence-corrected chi connectivity index (χ2v) is 5.70. The van der Waals surface area contributed by atoms with Crippen molar-refractivity contribution >= 4 is 29.1 Å². The molecule has 1 aromatic carbocycles. The van der Waals surface area contributed by atoms with Crippen molar-refractivity contribution in [3.8, 4) is 0 Å². The Kier molecular flexibility index (Phi) is 3.97. The number of hydrogen-bond acceptors (Lipinski definition) is 3. The molecular formula is C13H9Cl2F3N4O. The van der Waals surface area contributed by atoms with E-state index in [1.165, 1.54) is 11.0 Å². The molecule has 0 spiro atoms. The van der Waals surface area contributed by atoms with Crippen LogP contribution in [0.15, 0.2) is 18.2 Å². The maximum atomic E-state index is 12.8. The van der Waals surface area contributed by atoms with Gasteiger partial charge in [0.15, 0.2) is 5.82 Å². The number of fused-ring (bicyclic) bond motifs is 1. The van der Waals surface area contributed by atoms with Crippen LogP contribution in [0, 0.1) is 0 Å². The maximum Gasteiger partial charge on any atom is 0.451 e. The topological polar surface area (TPSA) is 51.0 Å². The summed E-state index contributed by atoms with van der Waals surface area (Å²) in [6.45, 7) is -0.0261.